The molecule has 0 radical (unpaired) electrons. The summed E-state index contributed by atoms with van der Waals surface area (Å²) in [7, 11) is -3.44. The van der Waals surface area contributed by atoms with Crippen LogP contribution >= 0.6 is 11.3 Å². The normalized spacial score (nSPS) is 13.4. The van der Waals surface area contributed by atoms with Crippen molar-refractivity contribution in [3.63, 3.8) is 0 Å². The first kappa shape index (κ1) is 13.1. The van der Waals surface area contributed by atoms with E-state index in [1.165, 1.54) is 11.3 Å². The van der Waals surface area contributed by atoms with Gasteiger partial charge in [-0.2, -0.15) is 0 Å². The quantitative estimate of drug-likeness (QED) is 0.846. The van der Waals surface area contributed by atoms with E-state index < -0.39 is 10.0 Å². The average Bonchev–Trinajstić information content (AvgIpc) is 2.83. The number of hydrogen-bond acceptors (Lipinski definition) is 4. The molecule has 2 aromatic rings. The molecule has 1 heterocycles. The van der Waals surface area contributed by atoms with Crippen molar-refractivity contribution in [2.75, 3.05) is 5.73 Å². The van der Waals surface area contributed by atoms with Crippen molar-refractivity contribution in [2.45, 2.75) is 17.2 Å². The number of nitrogen functional groups attached to an aromatic ring is 1. The first-order valence-electron chi connectivity index (χ1n) is 5.40. The van der Waals surface area contributed by atoms with Crippen LogP contribution in [0.3, 0.4) is 0 Å². The van der Waals surface area contributed by atoms with Gasteiger partial charge in [-0.25, -0.2) is 13.1 Å². The summed E-state index contributed by atoms with van der Waals surface area (Å²) in [6, 6.07) is 10.2. The largest absolute Gasteiger partial charge is 0.399 e. The molecule has 6 heteroatoms. The highest BCUT2D eigenvalue weighted by Crippen LogP contribution is 2.20. The smallest absolute Gasteiger partial charge is 0.250 e. The predicted molar refractivity (Wildman–Crippen MR) is 73.9 cm³/mol. The van der Waals surface area contributed by atoms with Crippen LogP contribution in [0.1, 0.15) is 18.5 Å². The summed E-state index contributed by atoms with van der Waals surface area (Å²) in [4.78, 5) is 0. The van der Waals surface area contributed by atoms with Crippen LogP contribution in [0.5, 0.6) is 0 Å². The monoisotopic (exact) mass is 282 g/mol. The molecule has 0 saturated heterocycles. The van der Waals surface area contributed by atoms with Crippen LogP contribution in [0.4, 0.5) is 5.69 Å². The lowest BCUT2D eigenvalue weighted by molar-refractivity contribution is 0.569. The predicted octanol–water partition coefficient (Wildman–Crippen LogP) is 2.37. The standard InChI is InChI=1S/C12H14N2O2S2/c1-9(10-4-6-11(13)7-5-10)14-18(15,16)12-3-2-8-17-12/h2-9,14H,13H2,1H3. The SMILES string of the molecule is CC(NS(=O)(=O)c1cccs1)c1ccc(N)cc1. The Hall–Kier alpha value is -1.37. The lowest BCUT2D eigenvalue weighted by Crippen LogP contribution is -2.26. The molecule has 0 aliphatic rings. The Morgan fingerprint density at radius 2 is 1.89 bits per heavy atom. The van der Waals surface area contributed by atoms with E-state index in [0.29, 0.717) is 9.90 Å². The third-order valence-corrected chi connectivity index (χ3v) is 5.47. The van der Waals surface area contributed by atoms with Crippen LogP contribution in [0, 0.1) is 0 Å². The Morgan fingerprint density at radius 3 is 2.44 bits per heavy atom. The van der Waals surface area contributed by atoms with Gasteiger partial charge in [0.15, 0.2) is 0 Å². The number of anilines is 1. The number of hydrogen-bond donors (Lipinski definition) is 2. The lowest BCUT2D eigenvalue weighted by Gasteiger charge is -2.13. The van der Waals surface area contributed by atoms with Crippen molar-refractivity contribution in [1.29, 1.82) is 0 Å². The van der Waals surface area contributed by atoms with Crippen LogP contribution in [-0.4, -0.2) is 8.42 Å². The summed E-state index contributed by atoms with van der Waals surface area (Å²) in [5.74, 6) is 0. The van der Waals surface area contributed by atoms with Crippen molar-refractivity contribution < 1.29 is 8.42 Å². The van der Waals surface area contributed by atoms with Crippen molar-refractivity contribution >= 4 is 27.0 Å². The molecule has 3 N–H and O–H groups in total. The van der Waals surface area contributed by atoms with Crippen molar-refractivity contribution in [2.24, 2.45) is 0 Å². The molecule has 0 spiro atoms. The Morgan fingerprint density at radius 1 is 1.22 bits per heavy atom. The average molecular weight is 282 g/mol. The third kappa shape index (κ3) is 2.90. The fraction of sp³-hybridized carbons (Fsp3) is 0.167. The summed E-state index contributed by atoms with van der Waals surface area (Å²) in [5.41, 5.74) is 7.13. The van der Waals surface area contributed by atoms with E-state index in [1.807, 2.05) is 12.1 Å². The van der Waals surface area contributed by atoms with E-state index in [2.05, 4.69) is 4.72 Å². The van der Waals surface area contributed by atoms with Gasteiger partial charge < -0.3 is 5.73 Å². The zero-order chi connectivity index (χ0) is 13.2. The third-order valence-electron chi connectivity index (χ3n) is 2.53. The van der Waals surface area contributed by atoms with Gasteiger partial charge in [0, 0.05) is 11.7 Å². The van der Waals surface area contributed by atoms with E-state index in [1.54, 1.807) is 36.6 Å². The second kappa shape index (κ2) is 5.09. The molecular weight excluding hydrogens is 268 g/mol. The highest BCUT2D eigenvalue weighted by atomic mass is 32.2. The zero-order valence-corrected chi connectivity index (χ0v) is 11.5. The van der Waals surface area contributed by atoms with Crippen LogP contribution in [-0.2, 0) is 10.0 Å². The van der Waals surface area contributed by atoms with Crippen molar-refractivity contribution in [3.05, 3.63) is 47.3 Å². The molecule has 0 amide bonds. The molecule has 0 aliphatic carbocycles. The van der Waals surface area contributed by atoms with Crippen molar-refractivity contribution in [1.82, 2.24) is 4.72 Å². The highest BCUT2D eigenvalue weighted by molar-refractivity contribution is 7.91. The van der Waals surface area contributed by atoms with Gasteiger partial charge in [0.05, 0.1) is 0 Å². The van der Waals surface area contributed by atoms with Gasteiger partial charge in [0.1, 0.15) is 4.21 Å². The van der Waals surface area contributed by atoms with E-state index >= 15 is 0 Å². The van der Waals surface area contributed by atoms with Gasteiger partial charge in [-0.05, 0) is 36.1 Å². The van der Waals surface area contributed by atoms with Gasteiger partial charge in [-0.3, -0.25) is 0 Å². The molecule has 0 fully saturated rings. The molecule has 1 atom stereocenters. The first-order chi connectivity index (χ1) is 8.49. The fourth-order valence-electron chi connectivity index (χ4n) is 1.56. The van der Waals surface area contributed by atoms with E-state index in [9.17, 15) is 8.42 Å². The summed E-state index contributed by atoms with van der Waals surface area (Å²) >= 11 is 1.20. The molecule has 1 unspecified atom stereocenters. The van der Waals surface area contributed by atoms with Gasteiger partial charge in [0.2, 0.25) is 0 Å². The molecule has 1 aromatic heterocycles. The van der Waals surface area contributed by atoms with Crippen LogP contribution in [0.15, 0.2) is 46.0 Å². The molecule has 0 aliphatic heterocycles. The molecule has 0 bridgehead atoms. The summed E-state index contributed by atoms with van der Waals surface area (Å²) in [6.07, 6.45) is 0. The van der Waals surface area contributed by atoms with Crippen molar-refractivity contribution in [3.8, 4) is 0 Å². The Balaban J connectivity index is 2.17. The topological polar surface area (TPSA) is 72.2 Å². The maximum absolute atomic E-state index is 12.0. The number of thiophene rings is 1. The molecule has 0 saturated carbocycles. The Kier molecular flexibility index (Phi) is 3.70. The number of rotatable bonds is 4. The van der Waals surface area contributed by atoms with E-state index in [4.69, 9.17) is 5.73 Å². The van der Waals surface area contributed by atoms with Gasteiger partial charge in [0.25, 0.3) is 10.0 Å². The van der Waals surface area contributed by atoms with E-state index in [-0.39, 0.29) is 6.04 Å². The fourth-order valence-corrected chi connectivity index (χ4v) is 3.80. The molecule has 96 valence electrons. The van der Waals surface area contributed by atoms with Gasteiger partial charge >= 0.3 is 0 Å². The summed E-state index contributed by atoms with van der Waals surface area (Å²) < 4.78 is 27.0. The van der Waals surface area contributed by atoms with Crippen LogP contribution in [0.25, 0.3) is 0 Å². The molecular formula is C12H14N2O2S2. The Bertz CT molecular complexity index is 604. The first-order valence-corrected chi connectivity index (χ1v) is 7.76. The van der Waals surface area contributed by atoms with Gasteiger partial charge in [-0.15, -0.1) is 11.3 Å². The second-order valence-corrected chi connectivity index (χ2v) is 6.83. The van der Waals surface area contributed by atoms with Crippen LogP contribution in [0.2, 0.25) is 0 Å². The Labute approximate surface area is 111 Å². The highest BCUT2D eigenvalue weighted by Gasteiger charge is 2.18. The molecule has 4 nitrogen and oxygen atoms in total. The summed E-state index contributed by atoms with van der Waals surface area (Å²) in [6.45, 7) is 1.80. The summed E-state index contributed by atoms with van der Waals surface area (Å²) in [5, 5.41) is 1.74. The molecule has 2 rings (SSSR count). The number of benzene rings is 1. The lowest BCUT2D eigenvalue weighted by atomic mass is 10.1. The van der Waals surface area contributed by atoms with E-state index in [0.717, 1.165) is 5.56 Å². The maximum atomic E-state index is 12.0. The van der Waals surface area contributed by atoms with Crippen LogP contribution < -0.4 is 10.5 Å². The minimum absolute atomic E-state index is 0.294. The number of sulfonamides is 1. The second-order valence-electron chi connectivity index (χ2n) is 3.94. The van der Waals surface area contributed by atoms with Gasteiger partial charge in [-0.1, -0.05) is 18.2 Å². The number of nitrogens with one attached hydrogen (secondary N) is 1. The minimum Gasteiger partial charge on any atom is -0.399 e. The minimum atomic E-state index is -3.44. The molecule has 18 heavy (non-hydrogen) atoms. The molecule has 1 aromatic carbocycles. The number of nitrogens with two attached hydrogens (primary N) is 1. The zero-order valence-electron chi connectivity index (χ0n) is 9.83. The maximum Gasteiger partial charge on any atom is 0.250 e.